The first-order chi connectivity index (χ1) is 19.6. The number of fused-ring (bicyclic) bond motifs is 1. The zero-order valence-corrected chi connectivity index (χ0v) is 23.7. The zero-order chi connectivity index (χ0) is 31.0. The van der Waals surface area contributed by atoms with Crippen molar-refractivity contribution in [2.45, 2.75) is 62.4 Å². The lowest BCUT2D eigenvalue weighted by Gasteiger charge is -2.37. The second kappa shape index (κ2) is 11.6. The fraction of sp³-hybridized carbons (Fsp3) is 0.400. The van der Waals surface area contributed by atoms with Gasteiger partial charge in [0.2, 0.25) is 11.6 Å². The number of halogens is 1. The van der Waals surface area contributed by atoms with Gasteiger partial charge in [-0.2, -0.15) is 10.1 Å². The van der Waals surface area contributed by atoms with Crippen LogP contribution in [-0.2, 0) is 23.4 Å². The number of carbonyl (C=O) groups is 1. The van der Waals surface area contributed by atoms with Gasteiger partial charge in [0.05, 0.1) is 11.5 Å². The number of nitrogens with zero attached hydrogens (tertiary/aromatic N) is 2. The van der Waals surface area contributed by atoms with E-state index < -0.39 is 60.9 Å². The molecule has 3 unspecified atom stereocenters. The number of esters is 1. The van der Waals surface area contributed by atoms with Crippen molar-refractivity contribution in [1.82, 2.24) is 19.6 Å². The lowest BCUT2D eigenvalue weighted by Crippen LogP contribution is -2.54. The number of hydrogen-bond donors (Lipinski definition) is 4. The summed E-state index contributed by atoms with van der Waals surface area (Å²) in [5.74, 6) is 0.779. The highest BCUT2D eigenvalue weighted by Gasteiger charge is 2.62. The number of aromatic amines is 1. The van der Waals surface area contributed by atoms with Crippen LogP contribution in [0.5, 0.6) is 5.75 Å². The molecule has 4 radical (unpaired) electrons. The van der Waals surface area contributed by atoms with Crippen molar-refractivity contribution in [2.75, 3.05) is 5.73 Å². The molecular weight excluding hydrogens is 570 g/mol. The van der Waals surface area contributed by atoms with Gasteiger partial charge >= 0.3 is 13.7 Å². The first kappa shape index (κ1) is 31.3. The maximum atomic E-state index is 16.3. The molecular formula is C25H27B2FN5O8P. The molecule has 3 aromatic rings. The van der Waals surface area contributed by atoms with Crippen LogP contribution in [0, 0.1) is 12.3 Å². The zero-order valence-electron chi connectivity index (χ0n) is 22.8. The summed E-state index contributed by atoms with van der Waals surface area (Å²) >= 11 is 0. The van der Waals surface area contributed by atoms with Crippen LogP contribution in [0.4, 0.5) is 10.3 Å². The molecule has 1 aliphatic rings. The number of carbonyl (C=O) groups excluding carboxylic acids is 1. The summed E-state index contributed by atoms with van der Waals surface area (Å²) in [5.41, 5.74) is 1.88. The first-order valence-corrected chi connectivity index (χ1v) is 14.1. The Morgan fingerprint density at radius 1 is 1.36 bits per heavy atom. The Morgan fingerprint density at radius 2 is 2.02 bits per heavy atom. The number of ether oxygens (including phenoxy) is 2. The molecule has 0 saturated carbocycles. The molecule has 6 atom stereocenters. The molecule has 1 aliphatic heterocycles. The highest BCUT2D eigenvalue weighted by atomic mass is 31.2. The lowest BCUT2D eigenvalue weighted by molar-refractivity contribution is -0.149. The van der Waals surface area contributed by atoms with Crippen LogP contribution in [0.3, 0.4) is 0 Å². The minimum atomic E-state index is -4.72. The number of H-pyrrole nitrogens is 1. The van der Waals surface area contributed by atoms with Gasteiger partial charge in [-0.15, -0.1) is 6.42 Å². The first-order valence-electron chi connectivity index (χ1n) is 12.6. The largest absolute Gasteiger partial charge is 0.462 e. The number of terminal acetylenes is 1. The van der Waals surface area contributed by atoms with Crippen LogP contribution in [0.15, 0.2) is 47.4 Å². The average Bonchev–Trinajstić information content (AvgIpc) is 3.42. The summed E-state index contributed by atoms with van der Waals surface area (Å²) in [4.78, 5) is 31.0. The number of para-hydroxylation sites is 1. The van der Waals surface area contributed by atoms with Crippen molar-refractivity contribution in [3.05, 3.63) is 52.9 Å². The number of rotatable bonds is 10. The molecule has 1 saturated heterocycles. The van der Waals surface area contributed by atoms with Crippen LogP contribution in [-0.4, -0.2) is 76.7 Å². The molecule has 2 aromatic heterocycles. The van der Waals surface area contributed by atoms with Crippen LogP contribution >= 0.6 is 7.75 Å². The Kier molecular flexibility index (Phi) is 8.64. The van der Waals surface area contributed by atoms with Gasteiger partial charge in [0.15, 0.2) is 11.9 Å². The quantitative estimate of drug-likeness (QED) is 0.114. The molecule has 5 N–H and O–H groups in total. The summed E-state index contributed by atoms with van der Waals surface area (Å²) < 4.78 is 53.2. The van der Waals surface area contributed by atoms with Crippen LogP contribution in [0.25, 0.3) is 11.0 Å². The highest BCUT2D eigenvalue weighted by Crippen LogP contribution is 2.52. The molecule has 1 aromatic carbocycles. The van der Waals surface area contributed by atoms with E-state index in [1.807, 2.05) is 5.92 Å². The van der Waals surface area contributed by atoms with Gasteiger partial charge in [0.25, 0.3) is 5.56 Å². The van der Waals surface area contributed by atoms with Crippen molar-refractivity contribution >= 4 is 46.4 Å². The van der Waals surface area contributed by atoms with Crippen LogP contribution < -0.4 is 20.9 Å². The fourth-order valence-corrected chi connectivity index (χ4v) is 5.92. The molecule has 1 fully saturated rings. The normalized spacial score (nSPS) is 24.6. The van der Waals surface area contributed by atoms with Crippen molar-refractivity contribution in [1.29, 1.82) is 0 Å². The molecule has 0 amide bonds. The van der Waals surface area contributed by atoms with Crippen molar-refractivity contribution in [3.8, 4) is 18.1 Å². The van der Waals surface area contributed by atoms with Gasteiger partial charge in [-0.05, 0) is 39.0 Å². The number of nitrogen functional groups attached to an aromatic ring is 1. The van der Waals surface area contributed by atoms with E-state index in [2.05, 4.69) is 15.1 Å². The number of alkyl halides is 1. The Morgan fingerprint density at radius 3 is 2.64 bits per heavy atom. The third-order valence-electron chi connectivity index (χ3n) is 6.17. The van der Waals surface area contributed by atoms with Gasteiger partial charge in [-0.3, -0.25) is 19.1 Å². The number of anilines is 1. The predicted molar refractivity (Wildman–Crippen MR) is 151 cm³/mol. The minimum absolute atomic E-state index is 0.0142. The van der Waals surface area contributed by atoms with E-state index in [1.54, 1.807) is 32.0 Å². The lowest BCUT2D eigenvalue weighted by atomic mass is 9.60. The Labute approximate surface area is 242 Å². The molecule has 0 aliphatic carbocycles. The van der Waals surface area contributed by atoms with Gasteiger partial charge in [-0.1, -0.05) is 24.1 Å². The molecule has 218 valence electrons. The Balaban J connectivity index is 1.69. The molecule has 0 spiro atoms. The monoisotopic (exact) mass is 597 g/mol. The van der Waals surface area contributed by atoms with Gasteiger partial charge < -0.3 is 29.4 Å². The third-order valence-corrected chi connectivity index (χ3v) is 7.89. The second-order valence-electron chi connectivity index (χ2n) is 9.86. The smallest absolute Gasteiger partial charge is 0.458 e. The highest BCUT2D eigenvalue weighted by molar-refractivity contribution is 7.52. The standard InChI is InChI=1S/C25H27B2FN5O8P/c1-5-24(28)17(34)18(39-22(24)33-12-11-16-19(33)30-23(29)31-20(16)35)25(26,27)41-42(37,40-15-9-7-6-8-10-15)32-14(4)21(36)38-13(2)3/h1,6-14,17-18,22,34H,2-4H3,(H,32,37)(H3,29,30,31,35)/t14-,17?,18?,22+,24+,42?/m0/s1. The SMILES string of the molecule is [B]C([B])(OP(=O)(N[C@@H](C)C(=O)OC(C)C)Oc1ccccc1)C1O[C@@H](n2ccc3c(=O)[nH]c(N)nc32)[C@@](F)(C#C)C1O. The molecule has 42 heavy (non-hydrogen) atoms. The van der Waals surface area contributed by atoms with Crippen LogP contribution in [0.2, 0.25) is 0 Å². The molecule has 13 nitrogen and oxygen atoms in total. The Hall–Kier alpha value is -3.60. The van der Waals surface area contributed by atoms with Gasteiger partial charge in [0.1, 0.15) is 39.7 Å². The number of nitrogens with two attached hydrogens (primary N) is 1. The number of aromatic nitrogens is 3. The number of benzene rings is 1. The molecule has 0 bridgehead atoms. The average molecular weight is 597 g/mol. The van der Waals surface area contributed by atoms with Crippen molar-refractivity contribution in [3.63, 3.8) is 0 Å². The summed E-state index contributed by atoms with van der Waals surface area (Å²) in [6.45, 7) is 4.55. The van der Waals surface area contributed by atoms with E-state index in [0.717, 1.165) is 4.57 Å². The maximum Gasteiger partial charge on any atom is 0.458 e. The van der Waals surface area contributed by atoms with E-state index in [-0.39, 0.29) is 22.7 Å². The van der Waals surface area contributed by atoms with E-state index in [9.17, 15) is 19.3 Å². The fourth-order valence-electron chi connectivity index (χ4n) is 4.28. The predicted octanol–water partition coefficient (Wildman–Crippen LogP) is 1.03. The topological polar surface area (TPSA) is 180 Å². The Bertz CT molecular complexity index is 1610. The molecule has 3 heterocycles. The van der Waals surface area contributed by atoms with E-state index >= 15 is 4.39 Å². The minimum Gasteiger partial charge on any atom is -0.462 e. The number of nitrogens with one attached hydrogen (secondary N) is 2. The van der Waals surface area contributed by atoms with Crippen molar-refractivity contribution < 1.29 is 37.4 Å². The summed E-state index contributed by atoms with van der Waals surface area (Å²) in [7, 11) is 7.60. The number of aliphatic hydroxyl groups is 1. The van der Waals surface area contributed by atoms with E-state index in [0.29, 0.717) is 0 Å². The van der Waals surface area contributed by atoms with Gasteiger partial charge in [0, 0.05) is 11.6 Å². The second-order valence-corrected chi connectivity index (χ2v) is 11.5. The summed E-state index contributed by atoms with van der Waals surface area (Å²) in [6.07, 6.45) is 0.0986. The molecule has 4 rings (SSSR count). The van der Waals surface area contributed by atoms with E-state index in [4.69, 9.17) is 46.4 Å². The maximum absolute atomic E-state index is 16.3. The summed E-state index contributed by atoms with van der Waals surface area (Å²) in [6, 6.07) is 7.70. The number of aliphatic hydroxyl groups excluding tert-OH is 1. The summed E-state index contributed by atoms with van der Waals surface area (Å²) in [5, 5.41) is 10.7. The third kappa shape index (κ3) is 6.11. The molecule has 17 heteroatoms. The van der Waals surface area contributed by atoms with E-state index in [1.165, 1.54) is 31.3 Å². The van der Waals surface area contributed by atoms with Gasteiger partial charge in [-0.25, -0.2) is 8.96 Å². The number of hydrogen-bond acceptors (Lipinski definition) is 10. The van der Waals surface area contributed by atoms with Crippen LogP contribution in [0.1, 0.15) is 27.0 Å². The van der Waals surface area contributed by atoms with Crippen molar-refractivity contribution in [2.24, 2.45) is 0 Å².